The highest BCUT2D eigenvalue weighted by Crippen LogP contribution is 2.12. The molecule has 0 bridgehead atoms. The monoisotopic (exact) mass is 241 g/mol. The molecule has 0 aliphatic carbocycles. The summed E-state index contributed by atoms with van der Waals surface area (Å²) in [6.07, 6.45) is 1.77. The van der Waals surface area contributed by atoms with Crippen molar-refractivity contribution in [3.05, 3.63) is 35.1 Å². The van der Waals surface area contributed by atoms with E-state index in [1.165, 1.54) is 12.1 Å². The van der Waals surface area contributed by atoms with Gasteiger partial charge in [0.1, 0.15) is 5.82 Å². The van der Waals surface area contributed by atoms with E-state index >= 15 is 0 Å². The van der Waals surface area contributed by atoms with Gasteiger partial charge in [-0.3, -0.25) is 0 Å². The third-order valence-electron chi connectivity index (χ3n) is 1.77. The average Bonchev–Trinajstić information content (AvgIpc) is 2.16. The number of hydrogen-bond donors (Lipinski definition) is 0. The summed E-state index contributed by atoms with van der Waals surface area (Å²) in [7, 11) is 0. The van der Waals surface area contributed by atoms with Gasteiger partial charge in [0.05, 0.1) is 11.6 Å². The van der Waals surface area contributed by atoms with E-state index in [0.29, 0.717) is 5.56 Å². The van der Waals surface area contributed by atoms with Gasteiger partial charge in [0.15, 0.2) is 0 Å². The Kier molecular flexibility index (Phi) is 3.91. The van der Waals surface area contributed by atoms with Crippen LogP contribution in [0.3, 0.4) is 0 Å². The normalized spacial score (nSPS) is 9.62. The minimum atomic E-state index is -0.348. The minimum absolute atomic E-state index is 0.348. The molecule has 0 aromatic heterocycles. The van der Waals surface area contributed by atoms with Crippen LogP contribution in [-0.2, 0) is 6.42 Å². The largest absolute Gasteiger partial charge is 0.207 e. The van der Waals surface area contributed by atoms with Crippen LogP contribution in [0.4, 0.5) is 4.39 Å². The van der Waals surface area contributed by atoms with E-state index in [2.05, 4.69) is 15.9 Å². The van der Waals surface area contributed by atoms with Gasteiger partial charge >= 0.3 is 0 Å². The van der Waals surface area contributed by atoms with Crippen LogP contribution in [0, 0.1) is 17.1 Å². The second kappa shape index (κ2) is 4.98. The first-order chi connectivity index (χ1) is 6.27. The third-order valence-corrected chi connectivity index (χ3v) is 2.33. The topological polar surface area (TPSA) is 23.8 Å². The van der Waals surface area contributed by atoms with E-state index in [-0.39, 0.29) is 5.82 Å². The van der Waals surface area contributed by atoms with Crippen molar-refractivity contribution in [2.45, 2.75) is 12.8 Å². The summed E-state index contributed by atoms with van der Waals surface area (Å²) in [6, 6.07) is 6.34. The highest BCUT2D eigenvalue weighted by atomic mass is 79.9. The molecule has 1 nitrogen and oxygen atoms in total. The molecule has 1 aromatic carbocycles. The van der Waals surface area contributed by atoms with Crippen LogP contribution < -0.4 is 0 Å². The lowest BCUT2D eigenvalue weighted by Gasteiger charge is -2.01. The highest BCUT2D eigenvalue weighted by molar-refractivity contribution is 9.09. The van der Waals surface area contributed by atoms with E-state index in [1.54, 1.807) is 6.07 Å². The molecule has 1 aromatic rings. The summed E-state index contributed by atoms with van der Waals surface area (Å²) in [5.74, 6) is -0.348. The first-order valence-electron chi connectivity index (χ1n) is 4.02. The molecular formula is C10H9BrFN. The van der Waals surface area contributed by atoms with E-state index < -0.39 is 0 Å². The molecule has 1 rings (SSSR count). The van der Waals surface area contributed by atoms with Crippen molar-refractivity contribution in [1.29, 1.82) is 5.26 Å². The van der Waals surface area contributed by atoms with Crippen molar-refractivity contribution in [2.24, 2.45) is 0 Å². The number of rotatable bonds is 3. The van der Waals surface area contributed by atoms with Gasteiger partial charge in [-0.25, -0.2) is 4.39 Å². The number of nitriles is 1. The zero-order valence-corrected chi connectivity index (χ0v) is 8.64. The molecule has 0 saturated carbocycles. The minimum Gasteiger partial charge on any atom is -0.207 e. The van der Waals surface area contributed by atoms with E-state index in [9.17, 15) is 4.39 Å². The lowest BCUT2D eigenvalue weighted by molar-refractivity contribution is 0.626. The van der Waals surface area contributed by atoms with E-state index in [1.807, 2.05) is 6.07 Å². The third kappa shape index (κ3) is 2.82. The molecule has 68 valence electrons. The summed E-state index contributed by atoms with van der Waals surface area (Å²) in [5.41, 5.74) is 1.37. The van der Waals surface area contributed by atoms with Gasteiger partial charge in [-0.15, -0.1) is 0 Å². The molecule has 13 heavy (non-hydrogen) atoms. The maximum atomic E-state index is 12.7. The molecule has 0 unspecified atom stereocenters. The quantitative estimate of drug-likeness (QED) is 0.747. The van der Waals surface area contributed by atoms with Crippen molar-refractivity contribution in [2.75, 3.05) is 5.33 Å². The second-order valence-corrected chi connectivity index (χ2v) is 3.50. The fraction of sp³-hybridized carbons (Fsp3) is 0.300. The number of aryl methyl sites for hydroxylation is 1. The molecule has 0 radical (unpaired) electrons. The van der Waals surface area contributed by atoms with Crippen molar-refractivity contribution in [3.63, 3.8) is 0 Å². The fourth-order valence-electron chi connectivity index (χ4n) is 1.13. The molecule has 0 aliphatic rings. The van der Waals surface area contributed by atoms with Crippen LogP contribution in [0.1, 0.15) is 17.5 Å². The summed E-state index contributed by atoms with van der Waals surface area (Å²) >= 11 is 3.31. The Hall–Kier alpha value is -0.880. The van der Waals surface area contributed by atoms with E-state index in [4.69, 9.17) is 5.26 Å². The first-order valence-corrected chi connectivity index (χ1v) is 5.14. The van der Waals surface area contributed by atoms with Gasteiger partial charge < -0.3 is 0 Å². The molecule has 0 saturated heterocycles. The predicted molar refractivity (Wildman–Crippen MR) is 53.2 cm³/mol. The lowest BCUT2D eigenvalue weighted by Crippen LogP contribution is -1.92. The molecule has 0 fully saturated rings. The van der Waals surface area contributed by atoms with Gasteiger partial charge in [-0.2, -0.15) is 5.26 Å². The molecular weight excluding hydrogens is 233 g/mol. The molecule has 3 heteroatoms. The van der Waals surface area contributed by atoms with Gasteiger partial charge in [0, 0.05) is 5.33 Å². The highest BCUT2D eigenvalue weighted by Gasteiger charge is 2.02. The maximum absolute atomic E-state index is 12.7. The lowest BCUT2D eigenvalue weighted by atomic mass is 10.0. The van der Waals surface area contributed by atoms with Crippen molar-refractivity contribution in [3.8, 4) is 6.07 Å². The van der Waals surface area contributed by atoms with Crippen molar-refractivity contribution >= 4 is 15.9 Å². The SMILES string of the molecule is N#Cc1cc(F)ccc1CCCBr. The summed E-state index contributed by atoms with van der Waals surface area (Å²) in [4.78, 5) is 0. The number of hydrogen-bond acceptors (Lipinski definition) is 1. The number of benzene rings is 1. The van der Waals surface area contributed by atoms with Gasteiger partial charge in [0.2, 0.25) is 0 Å². The average molecular weight is 242 g/mol. The van der Waals surface area contributed by atoms with Crippen LogP contribution in [-0.4, -0.2) is 5.33 Å². The molecule has 0 spiro atoms. The van der Waals surface area contributed by atoms with Crippen LogP contribution in [0.2, 0.25) is 0 Å². The number of halogens is 2. The Bertz CT molecular complexity index is 330. The Labute approximate surface area is 85.3 Å². The second-order valence-electron chi connectivity index (χ2n) is 2.71. The number of nitrogens with zero attached hydrogens (tertiary/aromatic N) is 1. The maximum Gasteiger partial charge on any atom is 0.124 e. The standard InChI is InChI=1S/C10H9BrFN/c11-5-1-2-8-3-4-10(12)6-9(8)7-13/h3-4,6H,1-2,5H2. The summed E-state index contributed by atoms with van der Waals surface area (Å²) < 4.78 is 12.7. The van der Waals surface area contributed by atoms with Gasteiger partial charge in [0.25, 0.3) is 0 Å². The smallest absolute Gasteiger partial charge is 0.124 e. The summed E-state index contributed by atoms with van der Waals surface area (Å²) in [5, 5.41) is 9.61. The van der Waals surface area contributed by atoms with Crippen LogP contribution in [0.5, 0.6) is 0 Å². The van der Waals surface area contributed by atoms with Gasteiger partial charge in [-0.1, -0.05) is 22.0 Å². The first kappa shape index (κ1) is 10.2. The fourth-order valence-corrected chi connectivity index (χ4v) is 1.41. The molecule has 0 heterocycles. The molecule has 0 atom stereocenters. The molecule has 0 N–H and O–H groups in total. The Morgan fingerprint density at radius 3 is 2.85 bits per heavy atom. The Morgan fingerprint density at radius 1 is 1.46 bits per heavy atom. The predicted octanol–water partition coefficient (Wildman–Crippen LogP) is 3.02. The van der Waals surface area contributed by atoms with Crippen LogP contribution in [0.25, 0.3) is 0 Å². The van der Waals surface area contributed by atoms with Crippen molar-refractivity contribution < 1.29 is 4.39 Å². The van der Waals surface area contributed by atoms with E-state index in [0.717, 1.165) is 23.7 Å². The molecule has 0 aliphatic heterocycles. The molecule has 0 amide bonds. The number of alkyl halides is 1. The van der Waals surface area contributed by atoms with Crippen molar-refractivity contribution in [1.82, 2.24) is 0 Å². The zero-order valence-electron chi connectivity index (χ0n) is 7.06. The van der Waals surface area contributed by atoms with Crippen LogP contribution >= 0.6 is 15.9 Å². The van der Waals surface area contributed by atoms with Crippen LogP contribution in [0.15, 0.2) is 18.2 Å². The zero-order chi connectivity index (χ0) is 9.68. The Balaban J connectivity index is 2.88. The Morgan fingerprint density at radius 2 is 2.23 bits per heavy atom. The van der Waals surface area contributed by atoms with Gasteiger partial charge in [-0.05, 0) is 30.5 Å². The summed E-state index contributed by atoms with van der Waals surface area (Å²) in [6.45, 7) is 0.